The minimum absolute atomic E-state index is 0.0644. The van der Waals surface area contributed by atoms with Crippen LogP contribution in [0.2, 0.25) is 0 Å². The van der Waals surface area contributed by atoms with Gasteiger partial charge in [-0.1, -0.05) is 35.5 Å². The molecule has 1 aliphatic heterocycles. The number of nitrogens with two attached hydrogens (primary N) is 1. The van der Waals surface area contributed by atoms with Gasteiger partial charge in [0, 0.05) is 19.5 Å². The molecule has 1 aromatic carbocycles. The maximum absolute atomic E-state index is 12.3. The molecule has 1 saturated heterocycles. The number of rotatable bonds is 4. The van der Waals surface area contributed by atoms with Crippen LogP contribution in [0.3, 0.4) is 0 Å². The van der Waals surface area contributed by atoms with Crippen LogP contribution in [0.5, 0.6) is 0 Å². The molecule has 3 aromatic rings. The molecule has 2 N–H and O–H groups in total. The zero-order chi connectivity index (χ0) is 17.9. The third-order valence-corrected chi connectivity index (χ3v) is 4.11. The molecule has 3 heterocycles. The van der Waals surface area contributed by atoms with E-state index in [1.54, 1.807) is 4.90 Å². The number of amides is 1. The van der Waals surface area contributed by atoms with E-state index in [0.717, 1.165) is 18.4 Å². The van der Waals surface area contributed by atoms with Gasteiger partial charge in [-0.3, -0.25) is 4.79 Å². The lowest BCUT2D eigenvalue weighted by Gasteiger charge is -2.10. The number of likely N-dealkylation sites (tertiary alicyclic amines) is 1. The summed E-state index contributed by atoms with van der Waals surface area (Å²) in [5, 5.41) is 3.83. The number of nitrogen functional groups attached to an aromatic ring is 1. The summed E-state index contributed by atoms with van der Waals surface area (Å²) in [4.78, 5) is 30.7. The SMILES string of the molecule is Nc1nc(Cc2ccccc2)nc(-c2noc(C(=O)N3CCCC3)n2)n1. The molecule has 9 heteroatoms. The van der Waals surface area contributed by atoms with Crippen LogP contribution in [0.4, 0.5) is 5.95 Å². The van der Waals surface area contributed by atoms with E-state index in [-0.39, 0.29) is 29.4 Å². The second kappa shape index (κ2) is 6.87. The average Bonchev–Trinajstić information content (AvgIpc) is 3.34. The first-order valence-electron chi connectivity index (χ1n) is 8.37. The van der Waals surface area contributed by atoms with Crippen molar-refractivity contribution in [3.8, 4) is 11.6 Å². The van der Waals surface area contributed by atoms with Gasteiger partial charge in [0.2, 0.25) is 17.6 Å². The van der Waals surface area contributed by atoms with Gasteiger partial charge in [-0.2, -0.15) is 15.0 Å². The molecule has 2 aromatic heterocycles. The summed E-state index contributed by atoms with van der Waals surface area (Å²) in [6.45, 7) is 1.41. The number of benzene rings is 1. The fourth-order valence-corrected chi connectivity index (χ4v) is 2.85. The first-order chi connectivity index (χ1) is 12.7. The normalized spacial score (nSPS) is 13.9. The van der Waals surface area contributed by atoms with Gasteiger partial charge in [0.05, 0.1) is 0 Å². The summed E-state index contributed by atoms with van der Waals surface area (Å²) in [5.41, 5.74) is 6.84. The lowest BCUT2D eigenvalue weighted by molar-refractivity contribution is 0.0743. The van der Waals surface area contributed by atoms with Crippen LogP contribution < -0.4 is 5.73 Å². The summed E-state index contributed by atoms with van der Waals surface area (Å²) < 4.78 is 5.10. The van der Waals surface area contributed by atoms with Gasteiger partial charge in [-0.25, -0.2) is 4.98 Å². The molecule has 0 saturated carbocycles. The summed E-state index contributed by atoms with van der Waals surface area (Å²) in [6, 6.07) is 9.77. The molecule has 26 heavy (non-hydrogen) atoms. The Kier molecular flexibility index (Phi) is 4.26. The average molecular weight is 351 g/mol. The van der Waals surface area contributed by atoms with E-state index in [0.29, 0.717) is 25.3 Å². The lowest BCUT2D eigenvalue weighted by Crippen LogP contribution is -2.27. The Morgan fingerprint density at radius 2 is 1.81 bits per heavy atom. The van der Waals surface area contributed by atoms with Gasteiger partial charge < -0.3 is 15.2 Å². The Balaban J connectivity index is 1.58. The third-order valence-electron chi connectivity index (χ3n) is 4.11. The number of carbonyl (C=O) groups is 1. The van der Waals surface area contributed by atoms with E-state index >= 15 is 0 Å². The number of hydrogen-bond donors (Lipinski definition) is 1. The van der Waals surface area contributed by atoms with Gasteiger partial charge in [-0.15, -0.1) is 0 Å². The third kappa shape index (κ3) is 3.37. The van der Waals surface area contributed by atoms with Gasteiger partial charge in [-0.05, 0) is 18.4 Å². The number of aromatic nitrogens is 5. The Morgan fingerprint density at radius 3 is 2.58 bits per heavy atom. The van der Waals surface area contributed by atoms with Gasteiger partial charge in [0.15, 0.2) is 0 Å². The van der Waals surface area contributed by atoms with Crippen molar-refractivity contribution in [2.24, 2.45) is 0 Å². The number of carbonyl (C=O) groups excluding carboxylic acids is 1. The predicted molar refractivity (Wildman–Crippen MR) is 91.9 cm³/mol. The number of nitrogens with zero attached hydrogens (tertiary/aromatic N) is 6. The van der Waals surface area contributed by atoms with Gasteiger partial charge >= 0.3 is 11.8 Å². The second-order valence-electron chi connectivity index (χ2n) is 6.02. The second-order valence-corrected chi connectivity index (χ2v) is 6.02. The van der Waals surface area contributed by atoms with Crippen molar-refractivity contribution in [1.29, 1.82) is 0 Å². The molecule has 0 bridgehead atoms. The molecule has 0 spiro atoms. The highest BCUT2D eigenvalue weighted by Crippen LogP contribution is 2.16. The summed E-state index contributed by atoms with van der Waals surface area (Å²) in [7, 11) is 0. The molecule has 1 aliphatic rings. The van der Waals surface area contributed by atoms with Crippen molar-refractivity contribution in [3.05, 3.63) is 47.6 Å². The van der Waals surface area contributed by atoms with Crippen LogP contribution >= 0.6 is 0 Å². The highest BCUT2D eigenvalue weighted by Gasteiger charge is 2.25. The molecule has 1 amide bonds. The molecular weight excluding hydrogens is 334 g/mol. The zero-order valence-corrected chi connectivity index (χ0v) is 14.0. The van der Waals surface area contributed by atoms with E-state index in [1.165, 1.54) is 0 Å². The van der Waals surface area contributed by atoms with E-state index < -0.39 is 0 Å². The van der Waals surface area contributed by atoms with Crippen molar-refractivity contribution < 1.29 is 9.32 Å². The van der Waals surface area contributed by atoms with E-state index in [1.807, 2.05) is 30.3 Å². The van der Waals surface area contributed by atoms with E-state index in [9.17, 15) is 4.79 Å². The lowest BCUT2D eigenvalue weighted by atomic mass is 10.1. The fourth-order valence-electron chi connectivity index (χ4n) is 2.85. The van der Waals surface area contributed by atoms with Crippen LogP contribution in [0, 0.1) is 0 Å². The molecule has 0 atom stereocenters. The minimum Gasteiger partial charge on any atom is -0.368 e. The van der Waals surface area contributed by atoms with Gasteiger partial charge in [0.1, 0.15) is 5.82 Å². The van der Waals surface area contributed by atoms with E-state index in [4.69, 9.17) is 10.3 Å². The monoisotopic (exact) mass is 351 g/mol. The molecule has 0 radical (unpaired) electrons. The van der Waals surface area contributed by atoms with Crippen LogP contribution in [0.1, 0.15) is 34.9 Å². The zero-order valence-electron chi connectivity index (χ0n) is 14.0. The predicted octanol–water partition coefficient (Wildman–Crippen LogP) is 1.33. The maximum Gasteiger partial charge on any atom is 0.316 e. The molecular formula is C17H17N7O2. The van der Waals surface area contributed by atoms with Crippen LogP contribution in [0.15, 0.2) is 34.9 Å². The summed E-state index contributed by atoms with van der Waals surface area (Å²) >= 11 is 0. The molecule has 1 fully saturated rings. The molecule has 4 rings (SSSR count). The van der Waals surface area contributed by atoms with Crippen LogP contribution in [-0.2, 0) is 6.42 Å². The minimum atomic E-state index is -0.271. The molecule has 9 nitrogen and oxygen atoms in total. The maximum atomic E-state index is 12.3. The summed E-state index contributed by atoms with van der Waals surface area (Å²) in [5.74, 6) is 0.538. The van der Waals surface area contributed by atoms with Crippen LogP contribution in [-0.4, -0.2) is 49.0 Å². The highest BCUT2D eigenvalue weighted by atomic mass is 16.5. The highest BCUT2D eigenvalue weighted by molar-refractivity contribution is 5.90. The summed E-state index contributed by atoms with van der Waals surface area (Å²) in [6.07, 6.45) is 2.47. The smallest absolute Gasteiger partial charge is 0.316 e. The Labute approximate surface area is 149 Å². The molecule has 132 valence electrons. The number of hydrogen-bond acceptors (Lipinski definition) is 8. The van der Waals surface area contributed by atoms with Crippen molar-refractivity contribution in [2.45, 2.75) is 19.3 Å². The number of anilines is 1. The van der Waals surface area contributed by atoms with E-state index in [2.05, 4.69) is 25.1 Å². The largest absolute Gasteiger partial charge is 0.368 e. The van der Waals surface area contributed by atoms with Crippen molar-refractivity contribution in [2.75, 3.05) is 18.8 Å². The quantitative estimate of drug-likeness (QED) is 0.746. The fraction of sp³-hybridized carbons (Fsp3) is 0.294. The molecule has 0 aliphatic carbocycles. The standard InChI is InChI=1S/C17H17N7O2/c18-17-20-12(10-11-6-2-1-3-7-11)19-13(22-17)14-21-15(26-23-14)16(25)24-8-4-5-9-24/h1-3,6-7H,4-5,8-10H2,(H2,18,19,20,22). The van der Waals surface area contributed by atoms with Crippen LogP contribution in [0.25, 0.3) is 11.6 Å². The van der Waals surface area contributed by atoms with Crippen molar-refractivity contribution in [3.63, 3.8) is 0 Å². The Hall–Kier alpha value is -3.36. The molecule has 0 unspecified atom stereocenters. The van der Waals surface area contributed by atoms with Gasteiger partial charge in [0.25, 0.3) is 0 Å². The first kappa shape index (κ1) is 16.1. The topological polar surface area (TPSA) is 124 Å². The first-order valence-corrected chi connectivity index (χ1v) is 8.37. The van der Waals surface area contributed by atoms with Crippen molar-refractivity contribution >= 4 is 11.9 Å². The Morgan fingerprint density at radius 1 is 1.04 bits per heavy atom. The van der Waals surface area contributed by atoms with Crippen molar-refractivity contribution in [1.82, 2.24) is 30.0 Å². The Bertz CT molecular complexity index is 920.